The zero-order valence-electron chi connectivity index (χ0n) is 12.8. The molecule has 21 heavy (non-hydrogen) atoms. The van der Waals surface area contributed by atoms with Crippen LogP contribution in [0.25, 0.3) is 0 Å². The second-order valence-corrected chi connectivity index (χ2v) is 6.63. The monoisotopic (exact) mass is 303 g/mol. The van der Waals surface area contributed by atoms with Gasteiger partial charge in [0.2, 0.25) is 0 Å². The van der Waals surface area contributed by atoms with Gasteiger partial charge in [-0.15, -0.1) is 0 Å². The second kappa shape index (κ2) is 6.50. The largest absolute Gasteiger partial charge is 0.489 e. The van der Waals surface area contributed by atoms with Gasteiger partial charge in [0.25, 0.3) is 0 Å². The van der Waals surface area contributed by atoms with Gasteiger partial charge in [-0.25, -0.2) is 0 Å². The van der Waals surface area contributed by atoms with Gasteiger partial charge in [0.05, 0.1) is 0 Å². The number of nitrogens with two attached hydrogens (primary N) is 1. The van der Waals surface area contributed by atoms with Crippen molar-refractivity contribution in [1.29, 1.82) is 0 Å². The molecular weight excluding hydrogens is 282 g/mol. The molecule has 0 bridgehead atoms. The first-order chi connectivity index (χ1) is 9.90. The minimum absolute atomic E-state index is 0.169. The third-order valence-electron chi connectivity index (χ3n) is 3.46. The van der Waals surface area contributed by atoms with E-state index >= 15 is 0 Å². The Bertz CT molecular complexity index is 600. The summed E-state index contributed by atoms with van der Waals surface area (Å²) in [5.74, 6) is 0.793. The minimum Gasteiger partial charge on any atom is -0.489 e. The highest BCUT2D eigenvalue weighted by molar-refractivity contribution is 6.30. The lowest BCUT2D eigenvalue weighted by Crippen LogP contribution is -2.11. The smallest absolute Gasteiger partial charge is 0.124 e. The van der Waals surface area contributed by atoms with Crippen LogP contribution in [0.1, 0.15) is 37.5 Å². The first kappa shape index (κ1) is 15.9. The maximum Gasteiger partial charge on any atom is 0.124 e. The van der Waals surface area contributed by atoms with E-state index in [9.17, 15) is 0 Å². The van der Waals surface area contributed by atoms with Gasteiger partial charge in [0.1, 0.15) is 12.4 Å². The Morgan fingerprint density at radius 3 is 2.29 bits per heavy atom. The van der Waals surface area contributed by atoms with Gasteiger partial charge < -0.3 is 10.5 Å². The van der Waals surface area contributed by atoms with Crippen molar-refractivity contribution >= 4 is 11.6 Å². The average Bonchev–Trinajstić information content (AvgIpc) is 2.45. The van der Waals surface area contributed by atoms with E-state index in [-0.39, 0.29) is 5.41 Å². The molecule has 112 valence electrons. The molecule has 0 aliphatic rings. The molecule has 2 rings (SSSR count). The van der Waals surface area contributed by atoms with E-state index in [0.29, 0.717) is 18.2 Å². The molecule has 2 aromatic rings. The van der Waals surface area contributed by atoms with Crippen LogP contribution in [0.3, 0.4) is 0 Å². The van der Waals surface area contributed by atoms with Crippen LogP contribution in [-0.2, 0) is 18.6 Å². The number of hydrogen-bond donors (Lipinski definition) is 1. The summed E-state index contributed by atoms with van der Waals surface area (Å²) in [4.78, 5) is 0. The average molecular weight is 304 g/mol. The molecule has 2 nitrogen and oxygen atoms in total. The zero-order valence-corrected chi connectivity index (χ0v) is 13.6. The lowest BCUT2D eigenvalue weighted by Gasteiger charge is -2.19. The van der Waals surface area contributed by atoms with Crippen molar-refractivity contribution in [2.24, 2.45) is 5.73 Å². The molecule has 0 fully saturated rings. The molecule has 0 aliphatic carbocycles. The van der Waals surface area contributed by atoms with E-state index in [1.54, 1.807) is 0 Å². The molecule has 0 heterocycles. The fourth-order valence-electron chi connectivity index (χ4n) is 2.11. The summed E-state index contributed by atoms with van der Waals surface area (Å²) in [6, 6.07) is 14.1. The molecule has 0 spiro atoms. The molecule has 2 aromatic carbocycles. The van der Waals surface area contributed by atoms with Crippen molar-refractivity contribution in [3.8, 4) is 5.75 Å². The normalized spacial score (nSPS) is 11.5. The SMILES string of the molecule is CC(C)(C)c1ccc(COc2ccc(Cl)cc2CN)cc1. The number of ether oxygens (including phenoxy) is 1. The molecule has 0 unspecified atom stereocenters. The Kier molecular flexibility index (Phi) is 4.92. The van der Waals surface area contributed by atoms with E-state index in [0.717, 1.165) is 16.9 Å². The number of benzene rings is 2. The Balaban J connectivity index is 2.07. The summed E-state index contributed by atoms with van der Waals surface area (Å²) < 4.78 is 5.86. The molecule has 0 saturated carbocycles. The highest BCUT2D eigenvalue weighted by atomic mass is 35.5. The highest BCUT2D eigenvalue weighted by Crippen LogP contribution is 2.25. The maximum atomic E-state index is 5.96. The first-order valence-electron chi connectivity index (χ1n) is 7.11. The molecule has 0 aliphatic heterocycles. The highest BCUT2D eigenvalue weighted by Gasteiger charge is 2.13. The van der Waals surface area contributed by atoms with Gasteiger partial charge in [0.15, 0.2) is 0 Å². The number of rotatable bonds is 4. The van der Waals surface area contributed by atoms with Crippen LogP contribution in [0.5, 0.6) is 5.75 Å². The predicted octanol–water partition coefficient (Wildman–Crippen LogP) is 4.68. The molecule has 2 N–H and O–H groups in total. The van der Waals surface area contributed by atoms with Crippen molar-refractivity contribution in [2.45, 2.75) is 39.3 Å². The van der Waals surface area contributed by atoms with Crippen molar-refractivity contribution in [3.63, 3.8) is 0 Å². The van der Waals surface area contributed by atoms with Crippen molar-refractivity contribution in [1.82, 2.24) is 0 Å². The fraction of sp³-hybridized carbons (Fsp3) is 0.333. The second-order valence-electron chi connectivity index (χ2n) is 6.19. The Hall–Kier alpha value is -1.51. The Morgan fingerprint density at radius 1 is 1.05 bits per heavy atom. The van der Waals surface area contributed by atoms with Gasteiger partial charge in [-0.05, 0) is 34.7 Å². The summed E-state index contributed by atoms with van der Waals surface area (Å²) in [6.45, 7) is 7.57. The van der Waals surface area contributed by atoms with E-state index in [1.807, 2.05) is 18.2 Å². The summed E-state index contributed by atoms with van der Waals surface area (Å²) in [6.07, 6.45) is 0. The summed E-state index contributed by atoms with van der Waals surface area (Å²) in [5, 5.41) is 0.678. The van der Waals surface area contributed by atoms with Gasteiger partial charge in [0, 0.05) is 17.1 Å². The van der Waals surface area contributed by atoms with Gasteiger partial charge >= 0.3 is 0 Å². The topological polar surface area (TPSA) is 35.2 Å². The fourth-order valence-corrected chi connectivity index (χ4v) is 2.31. The molecule has 0 saturated heterocycles. The number of halogens is 1. The van der Waals surface area contributed by atoms with Crippen molar-refractivity contribution < 1.29 is 4.74 Å². The summed E-state index contributed by atoms with van der Waals surface area (Å²) in [7, 11) is 0. The lowest BCUT2D eigenvalue weighted by molar-refractivity contribution is 0.303. The molecule has 0 radical (unpaired) electrons. The van der Waals surface area contributed by atoms with Gasteiger partial charge in [-0.3, -0.25) is 0 Å². The lowest BCUT2D eigenvalue weighted by atomic mass is 9.87. The van der Waals surface area contributed by atoms with Crippen LogP contribution < -0.4 is 10.5 Å². The van der Waals surface area contributed by atoms with Crippen LogP contribution in [0.4, 0.5) is 0 Å². The van der Waals surface area contributed by atoms with Crippen molar-refractivity contribution in [2.75, 3.05) is 0 Å². The third-order valence-corrected chi connectivity index (χ3v) is 3.69. The third kappa shape index (κ3) is 4.23. The van der Waals surface area contributed by atoms with Crippen LogP contribution in [0.2, 0.25) is 5.02 Å². The van der Waals surface area contributed by atoms with Crippen LogP contribution >= 0.6 is 11.6 Å². The standard InChI is InChI=1S/C18H22ClNO/c1-18(2,3)15-6-4-13(5-7-15)12-21-17-9-8-16(19)10-14(17)11-20/h4-10H,11-12,20H2,1-3H3. The van der Waals surface area contributed by atoms with Crippen LogP contribution in [0.15, 0.2) is 42.5 Å². The molecule has 3 heteroatoms. The zero-order chi connectivity index (χ0) is 15.5. The quantitative estimate of drug-likeness (QED) is 0.890. The van der Waals surface area contributed by atoms with Gasteiger partial charge in [-0.2, -0.15) is 0 Å². The van der Waals surface area contributed by atoms with E-state index < -0.39 is 0 Å². The maximum absolute atomic E-state index is 5.96. The van der Waals surface area contributed by atoms with Gasteiger partial charge in [-0.1, -0.05) is 56.6 Å². The van der Waals surface area contributed by atoms with Crippen LogP contribution in [0, 0.1) is 0 Å². The number of hydrogen-bond acceptors (Lipinski definition) is 2. The first-order valence-corrected chi connectivity index (χ1v) is 7.48. The van der Waals surface area contributed by atoms with Crippen LogP contribution in [-0.4, -0.2) is 0 Å². The summed E-state index contributed by atoms with van der Waals surface area (Å²) >= 11 is 5.96. The Morgan fingerprint density at radius 2 is 1.71 bits per heavy atom. The van der Waals surface area contributed by atoms with E-state index in [1.165, 1.54) is 5.56 Å². The summed E-state index contributed by atoms with van der Waals surface area (Å²) in [5.41, 5.74) is 9.27. The molecular formula is C18H22ClNO. The molecule has 0 amide bonds. The molecule has 0 atom stereocenters. The molecule has 0 aromatic heterocycles. The van der Waals surface area contributed by atoms with Crippen molar-refractivity contribution in [3.05, 3.63) is 64.2 Å². The van der Waals surface area contributed by atoms with E-state index in [2.05, 4.69) is 45.0 Å². The minimum atomic E-state index is 0.169. The predicted molar refractivity (Wildman–Crippen MR) is 88.8 cm³/mol. The Labute approximate surface area is 131 Å². The van der Waals surface area contributed by atoms with E-state index in [4.69, 9.17) is 22.1 Å².